The quantitative estimate of drug-likeness (QED) is 0.140. The normalized spacial score (nSPS) is 14.3. The van der Waals surface area contributed by atoms with Crippen LogP contribution >= 0.6 is 11.6 Å². The second-order valence-electron chi connectivity index (χ2n) is 9.61. The minimum Gasteiger partial charge on any atom is -0.493 e. The lowest BCUT2D eigenvalue weighted by Crippen LogP contribution is -2.45. The minimum absolute atomic E-state index is 0.180. The number of allylic oxidation sites excluding steroid dienone is 1. The van der Waals surface area contributed by atoms with Crippen LogP contribution in [0.25, 0.3) is 0 Å². The number of ether oxygens (including phenoxy) is 5. The van der Waals surface area contributed by atoms with E-state index in [2.05, 4.69) is 21.2 Å². The third-order valence-corrected chi connectivity index (χ3v) is 6.79. The number of nitrogens with zero attached hydrogens (tertiary/aromatic N) is 1. The molecule has 1 aliphatic rings. The fourth-order valence-electron chi connectivity index (χ4n) is 4.39. The third-order valence-electron chi connectivity index (χ3n) is 6.54. The number of nitrogens with one attached hydrogen (secondary N) is 3. The zero-order valence-electron chi connectivity index (χ0n) is 25.1. The number of hydrogen-bond acceptors (Lipinski definition) is 9. The van der Waals surface area contributed by atoms with Crippen molar-refractivity contribution in [3.8, 4) is 23.0 Å². The molecule has 1 atom stereocenters. The third kappa shape index (κ3) is 8.67. The number of methoxy groups -OCH3 is 2. The Morgan fingerprint density at radius 3 is 2.36 bits per heavy atom. The predicted molar refractivity (Wildman–Crippen MR) is 167 cm³/mol. The van der Waals surface area contributed by atoms with Crippen LogP contribution in [-0.4, -0.2) is 51.6 Å². The molecular weight excluding hydrogens is 604 g/mol. The molecule has 0 saturated carbocycles. The molecule has 0 bridgehead atoms. The second-order valence-corrected chi connectivity index (χ2v) is 10.0. The maximum absolute atomic E-state index is 12.6. The number of urea groups is 1. The largest absolute Gasteiger partial charge is 0.493 e. The van der Waals surface area contributed by atoms with Gasteiger partial charge >= 0.3 is 12.0 Å². The summed E-state index contributed by atoms with van der Waals surface area (Å²) in [6.45, 7) is 3.48. The monoisotopic (exact) mass is 636 g/mol. The van der Waals surface area contributed by atoms with E-state index in [1.54, 1.807) is 62.4 Å². The number of rotatable bonds is 13. The van der Waals surface area contributed by atoms with Crippen LogP contribution < -0.4 is 35.0 Å². The van der Waals surface area contributed by atoms with Crippen LogP contribution in [0, 0.1) is 0 Å². The number of halogens is 1. The van der Waals surface area contributed by atoms with Crippen molar-refractivity contribution in [2.24, 2.45) is 5.10 Å². The van der Waals surface area contributed by atoms with E-state index in [9.17, 15) is 14.4 Å². The van der Waals surface area contributed by atoms with Crippen molar-refractivity contribution >= 4 is 35.7 Å². The van der Waals surface area contributed by atoms with Crippen molar-refractivity contribution in [1.82, 2.24) is 16.1 Å². The van der Waals surface area contributed by atoms with E-state index < -0.39 is 23.9 Å². The molecule has 0 fully saturated rings. The Morgan fingerprint density at radius 1 is 0.956 bits per heavy atom. The van der Waals surface area contributed by atoms with Gasteiger partial charge in [-0.25, -0.2) is 15.0 Å². The molecule has 0 saturated heterocycles. The van der Waals surface area contributed by atoms with Crippen LogP contribution in [0.2, 0.25) is 5.02 Å². The molecule has 1 aliphatic heterocycles. The van der Waals surface area contributed by atoms with E-state index in [-0.39, 0.29) is 24.5 Å². The minimum atomic E-state index is -0.777. The Labute approximate surface area is 265 Å². The first-order valence-corrected chi connectivity index (χ1v) is 14.2. The van der Waals surface area contributed by atoms with Crippen LogP contribution in [0.15, 0.2) is 77.0 Å². The van der Waals surface area contributed by atoms with E-state index in [0.717, 1.165) is 5.56 Å². The van der Waals surface area contributed by atoms with Crippen LogP contribution in [0.4, 0.5) is 4.79 Å². The number of esters is 1. The number of carbonyl (C=O) groups excluding carboxylic acids is 3. The summed E-state index contributed by atoms with van der Waals surface area (Å²) < 4.78 is 27.6. The lowest BCUT2D eigenvalue weighted by atomic mass is 9.95. The smallest absolute Gasteiger partial charge is 0.338 e. The van der Waals surface area contributed by atoms with Gasteiger partial charge in [-0.2, -0.15) is 5.10 Å². The zero-order chi connectivity index (χ0) is 32.3. The molecule has 0 aliphatic carbocycles. The summed E-state index contributed by atoms with van der Waals surface area (Å²) in [5.74, 6) is 0.554. The second kappa shape index (κ2) is 15.5. The molecule has 12 nitrogen and oxygen atoms in total. The van der Waals surface area contributed by atoms with E-state index in [0.29, 0.717) is 45.7 Å². The summed E-state index contributed by atoms with van der Waals surface area (Å²) in [5, 5.41) is 9.96. The Morgan fingerprint density at radius 2 is 1.64 bits per heavy atom. The number of hydrazone groups is 1. The Bertz CT molecular complexity index is 1610. The molecule has 3 N–H and O–H groups in total. The molecular formula is C32H33ClN4O8. The van der Waals surface area contributed by atoms with Crippen LogP contribution in [0.3, 0.4) is 0 Å². The van der Waals surface area contributed by atoms with Crippen molar-refractivity contribution in [2.75, 3.05) is 27.4 Å². The lowest BCUT2D eigenvalue weighted by Gasteiger charge is -2.28. The molecule has 45 heavy (non-hydrogen) atoms. The Kier molecular flexibility index (Phi) is 11.2. The van der Waals surface area contributed by atoms with Crippen LogP contribution in [-0.2, 0) is 20.9 Å². The molecule has 0 unspecified atom stereocenters. The zero-order valence-corrected chi connectivity index (χ0v) is 25.9. The predicted octanol–water partition coefficient (Wildman–Crippen LogP) is 4.66. The van der Waals surface area contributed by atoms with Crippen LogP contribution in [0.1, 0.15) is 36.6 Å². The average Bonchev–Trinajstić information content (AvgIpc) is 3.03. The van der Waals surface area contributed by atoms with Gasteiger partial charge in [0.25, 0.3) is 5.91 Å². The first-order valence-electron chi connectivity index (χ1n) is 13.9. The number of hydrogen-bond donors (Lipinski definition) is 3. The van der Waals surface area contributed by atoms with Crippen molar-refractivity contribution in [3.63, 3.8) is 0 Å². The lowest BCUT2D eigenvalue weighted by molar-refractivity contribution is -0.139. The molecule has 236 valence electrons. The maximum atomic E-state index is 12.6. The van der Waals surface area contributed by atoms with Gasteiger partial charge in [-0.1, -0.05) is 29.8 Å². The van der Waals surface area contributed by atoms with E-state index >= 15 is 0 Å². The summed E-state index contributed by atoms with van der Waals surface area (Å²) in [7, 11) is 2.97. The molecule has 1 heterocycles. The molecule has 0 spiro atoms. The van der Waals surface area contributed by atoms with Gasteiger partial charge in [0.05, 0.1) is 38.7 Å². The standard InChI is InChI=1S/C32H33ClN4O8/c1-5-43-31(39)29-19(2)35-32(40)36-30(29)22-9-13-25(27(15-22)42-4)45-18-28(38)37-34-16-21-8-12-24(26(14-21)41-3)44-17-20-6-10-23(33)11-7-20/h6-16,30H,5,17-18H2,1-4H3,(H,37,38)(H2,35,36,40)/b34-16-/t30-/m0/s1. The summed E-state index contributed by atoms with van der Waals surface area (Å²) in [6.07, 6.45) is 1.46. The molecule has 0 radical (unpaired) electrons. The van der Waals surface area contributed by atoms with Gasteiger partial charge in [-0.3, -0.25) is 4.79 Å². The number of carbonyl (C=O) groups is 3. The number of amides is 3. The van der Waals surface area contributed by atoms with Crippen molar-refractivity contribution < 1.29 is 38.1 Å². The van der Waals surface area contributed by atoms with E-state index in [1.165, 1.54) is 20.4 Å². The van der Waals surface area contributed by atoms with Gasteiger partial charge in [0.2, 0.25) is 0 Å². The molecule has 13 heteroatoms. The van der Waals surface area contributed by atoms with Crippen molar-refractivity contribution in [2.45, 2.75) is 26.5 Å². The van der Waals surface area contributed by atoms with Crippen molar-refractivity contribution in [1.29, 1.82) is 0 Å². The van der Waals surface area contributed by atoms with E-state index in [1.807, 2.05) is 12.1 Å². The molecule has 3 amide bonds. The fourth-order valence-corrected chi connectivity index (χ4v) is 4.51. The Balaban J connectivity index is 1.35. The van der Waals surface area contributed by atoms with Gasteiger partial charge in [0, 0.05) is 10.7 Å². The fraction of sp³-hybridized carbons (Fsp3) is 0.250. The van der Waals surface area contributed by atoms with Gasteiger partial charge in [-0.15, -0.1) is 0 Å². The summed E-state index contributed by atoms with van der Waals surface area (Å²) in [6, 6.07) is 16.2. The highest BCUT2D eigenvalue weighted by Gasteiger charge is 2.32. The number of benzene rings is 3. The average molecular weight is 637 g/mol. The van der Waals surface area contributed by atoms with Gasteiger partial charge < -0.3 is 34.3 Å². The summed E-state index contributed by atoms with van der Waals surface area (Å²) in [4.78, 5) is 37.2. The maximum Gasteiger partial charge on any atom is 0.338 e. The highest BCUT2D eigenvalue weighted by molar-refractivity contribution is 6.30. The molecule has 3 aromatic carbocycles. The molecule has 4 rings (SSSR count). The summed E-state index contributed by atoms with van der Waals surface area (Å²) in [5.41, 5.74) is 5.25. The van der Waals surface area contributed by atoms with Crippen LogP contribution in [0.5, 0.6) is 23.0 Å². The van der Waals surface area contributed by atoms with Crippen molar-refractivity contribution in [3.05, 3.63) is 93.6 Å². The first kappa shape index (κ1) is 32.7. The topological polar surface area (TPSA) is 146 Å². The highest BCUT2D eigenvalue weighted by Crippen LogP contribution is 2.34. The highest BCUT2D eigenvalue weighted by atomic mass is 35.5. The Hall–Kier alpha value is -5.23. The van der Waals surface area contributed by atoms with Gasteiger partial charge in [0.1, 0.15) is 6.61 Å². The summed E-state index contributed by atoms with van der Waals surface area (Å²) >= 11 is 5.93. The first-order chi connectivity index (χ1) is 21.7. The molecule has 3 aromatic rings. The van der Waals surface area contributed by atoms with Gasteiger partial charge in [0.15, 0.2) is 29.6 Å². The van der Waals surface area contributed by atoms with Gasteiger partial charge in [-0.05, 0) is 73.0 Å². The SMILES string of the molecule is CCOC(=O)C1=C(C)NC(=O)N[C@H]1c1ccc(OCC(=O)N/N=C\c2ccc(OCc3ccc(Cl)cc3)c(OC)c2)c(OC)c1. The van der Waals surface area contributed by atoms with E-state index in [4.69, 9.17) is 35.3 Å². The molecule has 0 aromatic heterocycles.